The lowest BCUT2D eigenvalue weighted by molar-refractivity contribution is -0.152. The van der Waals surface area contributed by atoms with Gasteiger partial charge in [0, 0.05) is 13.7 Å². The third kappa shape index (κ3) is 5.11. The average molecular weight is 231 g/mol. The van der Waals surface area contributed by atoms with Gasteiger partial charge >= 0.3 is 5.97 Å². The predicted octanol–water partition coefficient (Wildman–Crippen LogP) is 0.823. The number of rotatable bonds is 7. The van der Waals surface area contributed by atoms with Crippen LogP contribution in [-0.4, -0.2) is 49.7 Å². The molecule has 0 aromatic rings. The van der Waals surface area contributed by atoms with Crippen LogP contribution in [0.2, 0.25) is 0 Å². The molecule has 0 spiro atoms. The average Bonchev–Trinajstić information content (AvgIpc) is 2.26. The van der Waals surface area contributed by atoms with Gasteiger partial charge < -0.3 is 14.4 Å². The van der Waals surface area contributed by atoms with Crippen LogP contribution in [0.5, 0.6) is 0 Å². The number of hydrogen-bond acceptors (Lipinski definition) is 4. The Bertz CT molecular complexity index is 230. The number of hydrogen-bond donors (Lipinski definition) is 0. The molecule has 0 aliphatic rings. The van der Waals surface area contributed by atoms with Crippen molar-refractivity contribution in [2.45, 2.75) is 33.3 Å². The number of nitrogens with zero attached hydrogens (tertiary/aromatic N) is 1. The van der Waals surface area contributed by atoms with Crippen molar-refractivity contribution in [1.29, 1.82) is 0 Å². The molecule has 0 rings (SSSR count). The quantitative estimate of drug-likeness (QED) is 0.609. The first-order chi connectivity index (χ1) is 7.56. The Labute approximate surface area is 96.7 Å². The van der Waals surface area contributed by atoms with Gasteiger partial charge in [0.25, 0.3) is 5.91 Å². The van der Waals surface area contributed by atoms with Crippen LogP contribution in [0.4, 0.5) is 0 Å². The number of amides is 1. The third-order valence-corrected chi connectivity index (χ3v) is 2.13. The molecule has 1 amide bonds. The van der Waals surface area contributed by atoms with E-state index in [2.05, 4.69) is 0 Å². The fourth-order valence-electron chi connectivity index (χ4n) is 1.26. The van der Waals surface area contributed by atoms with Crippen LogP contribution in [0.3, 0.4) is 0 Å². The summed E-state index contributed by atoms with van der Waals surface area (Å²) in [4.78, 5) is 24.5. The second kappa shape index (κ2) is 8.10. The molecular weight excluding hydrogens is 210 g/mol. The van der Waals surface area contributed by atoms with Gasteiger partial charge in [0.15, 0.2) is 0 Å². The molecule has 0 bridgehead atoms. The van der Waals surface area contributed by atoms with Crippen LogP contribution >= 0.6 is 0 Å². The van der Waals surface area contributed by atoms with E-state index in [1.165, 1.54) is 12.0 Å². The molecule has 5 nitrogen and oxygen atoms in total. The van der Waals surface area contributed by atoms with Crippen LogP contribution in [0.15, 0.2) is 0 Å². The molecule has 0 fully saturated rings. The smallest absolute Gasteiger partial charge is 0.325 e. The lowest BCUT2D eigenvalue weighted by Crippen LogP contribution is -2.42. The first-order valence-electron chi connectivity index (χ1n) is 5.53. The van der Waals surface area contributed by atoms with Crippen molar-refractivity contribution in [2.24, 2.45) is 0 Å². The van der Waals surface area contributed by atoms with Gasteiger partial charge in [0.05, 0.1) is 6.61 Å². The first-order valence-corrected chi connectivity index (χ1v) is 5.53. The molecule has 0 aromatic carbocycles. The molecule has 0 N–H and O–H groups in total. The Morgan fingerprint density at radius 2 is 1.94 bits per heavy atom. The normalized spacial score (nSPS) is 12.0. The van der Waals surface area contributed by atoms with Crippen molar-refractivity contribution in [3.8, 4) is 0 Å². The summed E-state index contributed by atoms with van der Waals surface area (Å²) in [6.45, 7) is 6.20. The van der Waals surface area contributed by atoms with Crippen LogP contribution in [0.1, 0.15) is 27.2 Å². The molecule has 0 saturated carbocycles. The Kier molecular flexibility index (Phi) is 7.54. The second-order valence-electron chi connectivity index (χ2n) is 3.44. The molecule has 0 aliphatic heterocycles. The van der Waals surface area contributed by atoms with Crippen molar-refractivity contribution in [3.05, 3.63) is 0 Å². The summed E-state index contributed by atoms with van der Waals surface area (Å²) in [5.41, 5.74) is 0. The molecule has 1 atom stereocenters. The summed E-state index contributed by atoms with van der Waals surface area (Å²) in [6, 6.07) is 0. The molecule has 94 valence electrons. The molecule has 0 aliphatic carbocycles. The van der Waals surface area contributed by atoms with E-state index < -0.39 is 6.10 Å². The van der Waals surface area contributed by atoms with Gasteiger partial charge in [-0.3, -0.25) is 9.59 Å². The fourth-order valence-corrected chi connectivity index (χ4v) is 1.26. The minimum atomic E-state index is -0.527. The van der Waals surface area contributed by atoms with Crippen molar-refractivity contribution in [1.82, 2.24) is 4.90 Å². The van der Waals surface area contributed by atoms with E-state index in [-0.39, 0.29) is 18.4 Å². The van der Waals surface area contributed by atoms with Gasteiger partial charge in [-0.1, -0.05) is 6.92 Å². The topological polar surface area (TPSA) is 55.8 Å². The summed E-state index contributed by atoms with van der Waals surface area (Å²) in [5, 5.41) is 0. The van der Waals surface area contributed by atoms with E-state index in [1.807, 2.05) is 6.92 Å². The zero-order valence-corrected chi connectivity index (χ0v) is 10.5. The van der Waals surface area contributed by atoms with Gasteiger partial charge in [0.1, 0.15) is 12.6 Å². The van der Waals surface area contributed by atoms with Crippen LogP contribution in [-0.2, 0) is 19.1 Å². The van der Waals surface area contributed by atoms with Crippen LogP contribution in [0, 0.1) is 0 Å². The van der Waals surface area contributed by atoms with Gasteiger partial charge in [-0.2, -0.15) is 0 Å². The number of carbonyl (C=O) groups is 2. The first kappa shape index (κ1) is 14.9. The summed E-state index contributed by atoms with van der Waals surface area (Å²) in [7, 11) is 1.47. The SMILES string of the molecule is CCCN(CC(=O)OCC)C(=O)C(C)OC. The lowest BCUT2D eigenvalue weighted by atomic mass is 10.3. The van der Waals surface area contributed by atoms with E-state index >= 15 is 0 Å². The highest BCUT2D eigenvalue weighted by molar-refractivity contribution is 5.84. The van der Waals surface area contributed by atoms with E-state index in [0.717, 1.165) is 6.42 Å². The molecule has 5 heteroatoms. The maximum absolute atomic E-state index is 11.8. The summed E-state index contributed by atoms with van der Waals surface area (Å²) >= 11 is 0. The van der Waals surface area contributed by atoms with Crippen LogP contribution < -0.4 is 0 Å². The molecule has 0 aromatic heterocycles. The number of methoxy groups -OCH3 is 1. The van der Waals surface area contributed by atoms with E-state index in [4.69, 9.17) is 9.47 Å². The van der Waals surface area contributed by atoms with E-state index in [1.54, 1.807) is 13.8 Å². The molecule has 1 unspecified atom stereocenters. The predicted molar refractivity (Wildman–Crippen MR) is 60.0 cm³/mol. The van der Waals surface area contributed by atoms with Gasteiger partial charge in [-0.25, -0.2) is 0 Å². The van der Waals surface area contributed by atoms with E-state index in [9.17, 15) is 9.59 Å². The molecular formula is C11H21NO4. The summed E-state index contributed by atoms with van der Waals surface area (Å²) in [5.74, 6) is -0.565. The van der Waals surface area contributed by atoms with Crippen molar-refractivity contribution in [2.75, 3.05) is 26.8 Å². The zero-order valence-electron chi connectivity index (χ0n) is 10.5. The summed E-state index contributed by atoms with van der Waals surface area (Å²) < 4.78 is 9.75. The van der Waals surface area contributed by atoms with Crippen LogP contribution in [0.25, 0.3) is 0 Å². The second-order valence-corrected chi connectivity index (χ2v) is 3.44. The Hall–Kier alpha value is -1.10. The molecule has 0 heterocycles. The monoisotopic (exact) mass is 231 g/mol. The lowest BCUT2D eigenvalue weighted by Gasteiger charge is -2.23. The highest BCUT2D eigenvalue weighted by Gasteiger charge is 2.22. The van der Waals surface area contributed by atoms with Gasteiger partial charge in [-0.05, 0) is 20.3 Å². The van der Waals surface area contributed by atoms with Crippen molar-refractivity contribution in [3.63, 3.8) is 0 Å². The van der Waals surface area contributed by atoms with Gasteiger partial charge in [0.2, 0.25) is 0 Å². The number of esters is 1. The molecule has 0 radical (unpaired) electrons. The third-order valence-electron chi connectivity index (χ3n) is 2.13. The maximum atomic E-state index is 11.8. The van der Waals surface area contributed by atoms with Crippen molar-refractivity contribution >= 4 is 11.9 Å². The largest absolute Gasteiger partial charge is 0.465 e. The number of carbonyl (C=O) groups excluding carboxylic acids is 2. The Balaban J connectivity index is 4.36. The minimum absolute atomic E-state index is 0.00574. The maximum Gasteiger partial charge on any atom is 0.325 e. The van der Waals surface area contributed by atoms with Gasteiger partial charge in [-0.15, -0.1) is 0 Å². The fraction of sp³-hybridized carbons (Fsp3) is 0.818. The van der Waals surface area contributed by atoms with E-state index in [0.29, 0.717) is 13.2 Å². The standard InChI is InChI=1S/C11H21NO4/c1-5-7-12(8-10(13)16-6-2)11(14)9(3)15-4/h9H,5-8H2,1-4H3. The Morgan fingerprint density at radius 1 is 1.31 bits per heavy atom. The number of ether oxygens (including phenoxy) is 2. The van der Waals surface area contributed by atoms with Crippen molar-refractivity contribution < 1.29 is 19.1 Å². The summed E-state index contributed by atoms with van der Waals surface area (Å²) in [6.07, 6.45) is 0.266. The zero-order chi connectivity index (χ0) is 12.6. The molecule has 0 saturated heterocycles. The highest BCUT2D eigenvalue weighted by atomic mass is 16.5. The highest BCUT2D eigenvalue weighted by Crippen LogP contribution is 2.00. The Morgan fingerprint density at radius 3 is 2.38 bits per heavy atom. The minimum Gasteiger partial charge on any atom is -0.465 e. The molecule has 16 heavy (non-hydrogen) atoms.